The van der Waals surface area contributed by atoms with Crippen LogP contribution in [0.3, 0.4) is 0 Å². The van der Waals surface area contributed by atoms with Crippen LogP contribution in [0.15, 0.2) is 42.0 Å². The van der Waals surface area contributed by atoms with Gasteiger partial charge in [0.05, 0.1) is 41.5 Å². The van der Waals surface area contributed by atoms with Crippen molar-refractivity contribution < 1.29 is 24.2 Å². The van der Waals surface area contributed by atoms with Crippen LogP contribution in [-0.2, 0) is 14.3 Å². The van der Waals surface area contributed by atoms with Crippen molar-refractivity contribution in [2.24, 2.45) is 0 Å². The molecule has 1 N–H and O–H groups in total. The maximum atomic E-state index is 13.1. The number of Topliss-reactive ketones (excluding diaryl/α,β-unsaturated/α-hetero) is 1. The molecule has 1 heterocycles. The fourth-order valence-electron chi connectivity index (χ4n) is 3.76. The molecule has 0 radical (unpaired) electrons. The third-order valence-electron chi connectivity index (χ3n) is 5.28. The van der Waals surface area contributed by atoms with Crippen LogP contribution in [0.4, 0.5) is 0 Å². The summed E-state index contributed by atoms with van der Waals surface area (Å²) in [5.74, 6) is -1.57. The summed E-state index contributed by atoms with van der Waals surface area (Å²) in [7, 11) is 1.43. The molecule has 1 atom stereocenters. The van der Waals surface area contributed by atoms with E-state index in [2.05, 4.69) is 0 Å². The van der Waals surface area contributed by atoms with Gasteiger partial charge < -0.3 is 19.5 Å². The quantitative estimate of drug-likeness (QED) is 0.338. The first-order chi connectivity index (χ1) is 15.2. The molecule has 170 valence electrons. The number of amides is 1. The minimum Gasteiger partial charge on any atom is -0.507 e. The summed E-state index contributed by atoms with van der Waals surface area (Å²) >= 11 is 12.5. The number of halogens is 2. The molecule has 1 amide bonds. The van der Waals surface area contributed by atoms with Gasteiger partial charge in [-0.05, 0) is 44.0 Å². The molecule has 1 saturated heterocycles. The lowest BCUT2D eigenvalue weighted by atomic mass is 9.92. The first-order valence-corrected chi connectivity index (χ1v) is 10.9. The average molecular weight is 478 g/mol. The molecular formula is C24H25Cl2NO5. The van der Waals surface area contributed by atoms with E-state index in [0.29, 0.717) is 0 Å². The topological polar surface area (TPSA) is 76.1 Å². The Bertz CT molecular complexity index is 1060. The van der Waals surface area contributed by atoms with Crippen molar-refractivity contribution in [3.05, 3.63) is 68.7 Å². The molecule has 6 nitrogen and oxygen atoms in total. The molecule has 32 heavy (non-hydrogen) atoms. The number of ketones is 1. The highest BCUT2D eigenvalue weighted by Gasteiger charge is 2.46. The number of ether oxygens (including phenoxy) is 2. The van der Waals surface area contributed by atoms with E-state index in [-0.39, 0.29) is 51.9 Å². The van der Waals surface area contributed by atoms with E-state index in [9.17, 15) is 14.7 Å². The van der Waals surface area contributed by atoms with Gasteiger partial charge in [0.1, 0.15) is 5.76 Å². The molecule has 0 bridgehead atoms. The summed E-state index contributed by atoms with van der Waals surface area (Å²) in [5, 5.41) is 11.5. The van der Waals surface area contributed by atoms with E-state index in [1.807, 2.05) is 45.0 Å². The van der Waals surface area contributed by atoms with Crippen LogP contribution in [0.1, 0.15) is 36.6 Å². The van der Waals surface area contributed by atoms with Crippen LogP contribution in [0.5, 0.6) is 5.75 Å². The van der Waals surface area contributed by atoms with Gasteiger partial charge in [0.25, 0.3) is 11.7 Å². The first kappa shape index (κ1) is 24.1. The number of rotatable bonds is 7. The number of aliphatic hydroxyl groups is 1. The Balaban J connectivity index is 2.16. The van der Waals surface area contributed by atoms with Gasteiger partial charge in [-0.1, -0.05) is 47.5 Å². The molecule has 1 unspecified atom stereocenters. The molecule has 3 rings (SSSR count). The standard InChI is InChI=1S/C24H25Cl2NO5/c1-13(2)32-10-9-27-20(16-8-6-5-7-14(16)3)19(22(29)24(27)30)21(28)15-11-17(25)23(31-4)18(26)12-15/h5-8,11-13,20,28H,9-10H2,1-4H3/b21-19+. The largest absolute Gasteiger partial charge is 0.507 e. The van der Waals surface area contributed by atoms with E-state index in [1.54, 1.807) is 0 Å². The third kappa shape index (κ3) is 4.63. The highest BCUT2D eigenvalue weighted by Crippen LogP contribution is 2.42. The fourth-order valence-corrected chi connectivity index (χ4v) is 4.40. The van der Waals surface area contributed by atoms with Crippen molar-refractivity contribution in [2.45, 2.75) is 32.9 Å². The van der Waals surface area contributed by atoms with E-state index in [0.717, 1.165) is 11.1 Å². The maximum Gasteiger partial charge on any atom is 0.295 e. The van der Waals surface area contributed by atoms with Crippen LogP contribution in [0.2, 0.25) is 10.0 Å². The monoisotopic (exact) mass is 477 g/mol. The Morgan fingerprint density at radius 1 is 1.16 bits per heavy atom. The normalized spacial score (nSPS) is 18.0. The second kappa shape index (κ2) is 9.94. The van der Waals surface area contributed by atoms with Gasteiger partial charge in [-0.25, -0.2) is 0 Å². The summed E-state index contributed by atoms with van der Waals surface area (Å²) in [5.41, 5.74) is 1.82. The number of carbonyl (C=O) groups is 2. The zero-order valence-corrected chi connectivity index (χ0v) is 19.8. The number of aliphatic hydroxyl groups excluding tert-OH is 1. The van der Waals surface area contributed by atoms with Gasteiger partial charge in [0, 0.05) is 12.1 Å². The van der Waals surface area contributed by atoms with E-state index in [4.69, 9.17) is 32.7 Å². The van der Waals surface area contributed by atoms with E-state index < -0.39 is 17.7 Å². The lowest BCUT2D eigenvalue weighted by Gasteiger charge is -2.26. The predicted molar refractivity (Wildman–Crippen MR) is 124 cm³/mol. The SMILES string of the molecule is COc1c(Cl)cc(/C(O)=C2\C(=O)C(=O)N(CCOC(C)C)C2c2ccccc2C)cc1Cl. The zero-order chi connectivity index (χ0) is 23.6. The first-order valence-electron chi connectivity index (χ1n) is 10.2. The number of benzene rings is 2. The smallest absolute Gasteiger partial charge is 0.295 e. The molecule has 0 aliphatic carbocycles. The Labute approximate surface area is 197 Å². The summed E-state index contributed by atoms with van der Waals surface area (Å²) in [6.45, 7) is 6.13. The molecule has 8 heteroatoms. The number of nitrogens with zero attached hydrogens (tertiary/aromatic N) is 1. The van der Waals surface area contributed by atoms with Crippen molar-refractivity contribution >= 4 is 40.7 Å². The van der Waals surface area contributed by atoms with Gasteiger partial charge in [-0.15, -0.1) is 0 Å². The van der Waals surface area contributed by atoms with Crippen LogP contribution in [-0.4, -0.2) is 48.1 Å². The summed E-state index contributed by atoms with van der Waals surface area (Å²) in [6.07, 6.45) is -0.0210. The van der Waals surface area contributed by atoms with Crippen LogP contribution in [0.25, 0.3) is 5.76 Å². The molecule has 0 spiro atoms. The number of hydrogen-bond acceptors (Lipinski definition) is 5. The molecule has 0 saturated carbocycles. The minimum absolute atomic E-state index is 0.0210. The third-order valence-corrected chi connectivity index (χ3v) is 5.84. The van der Waals surface area contributed by atoms with Crippen molar-refractivity contribution in [3.8, 4) is 5.75 Å². The second-order valence-electron chi connectivity index (χ2n) is 7.74. The number of carbonyl (C=O) groups excluding carboxylic acids is 2. The second-order valence-corrected chi connectivity index (χ2v) is 8.56. The number of hydrogen-bond donors (Lipinski definition) is 1. The van der Waals surface area contributed by atoms with Gasteiger partial charge >= 0.3 is 0 Å². The van der Waals surface area contributed by atoms with Gasteiger partial charge in [-0.3, -0.25) is 9.59 Å². The van der Waals surface area contributed by atoms with Crippen molar-refractivity contribution in [1.82, 2.24) is 4.90 Å². The average Bonchev–Trinajstić information content (AvgIpc) is 2.98. The Morgan fingerprint density at radius 2 is 1.78 bits per heavy atom. The van der Waals surface area contributed by atoms with Gasteiger partial charge in [0.15, 0.2) is 5.75 Å². The predicted octanol–water partition coefficient (Wildman–Crippen LogP) is 5.16. The minimum atomic E-state index is -0.775. The summed E-state index contributed by atoms with van der Waals surface area (Å²) in [4.78, 5) is 27.5. The molecule has 1 aliphatic heterocycles. The zero-order valence-electron chi connectivity index (χ0n) is 18.3. The highest BCUT2D eigenvalue weighted by molar-refractivity contribution is 6.46. The van der Waals surface area contributed by atoms with Crippen LogP contribution in [0, 0.1) is 6.92 Å². The molecule has 0 aromatic heterocycles. The highest BCUT2D eigenvalue weighted by atomic mass is 35.5. The van der Waals surface area contributed by atoms with E-state index in [1.165, 1.54) is 24.1 Å². The lowest BCUT2D eigenvalue weighted by molar-refractivity contribution is -0.140. The number of methoxy groups -OCH3 is 1. The number of aryl methyl sites for hydroxylation is 1. The van der Waals surface area contributed by atoms with Crippen LogP contribution < -0.4 is 4.74 Å². The molecule has 1 aliphatic rings. The van der Waals surface area contributed by atoms with Crippen molar-refractivity contribution in [3.63, 3.8) is 0 Å². The van der Waals surface area contributed by atoms with Crippen LogP contribution >= 0.6 is 23.2 Å². The Kier molecular flexibility index (Phi) is 7.49. The summed E-state index contributed by atoms with van der Waals surface area (Å²) in [6, 6.07) is 9.55. The Hall–Kier alpha value is -2.54. The Morgan fingerprint density at radius 3 is 2.34 bits per heavy atom. The molecule has 2 aromatic rings. The van der Waals surface area contributed by atoms with Gasteiger partial charge in [0.2, 0.25) is 0 Å². The summed E-state index contributed by atoms with van der Waals surface area (Å²) < 4.78 is 10.8. The lowest BCUT2D eigenvalue weighted by Crippen LogP contribution is -2.33. The van der Waals surface area contributed by atoms with Crippen molar-refractivity contribution in [2.75, 3.05) is 20.3 Å². The molecular weight excluding hydrogens is 453 g/mol. The fraction of sp³-hybridized carbons (Fsp3) is 0.333. The molecule has 1 fully saturated rings. The maximum absolute atomic E-state index is 13.1. The molecule has 2 aromatic carbocycles. The van der Waals surface area contributed by atoms with Crippen molar-refractivity contribution in [1.29, 1.82) is 0 Å². The van der Waals surface area contributed by atoms with E-state index >= 15 is 0 Å². The number of likely N-dealkylation sites (tertiary alicyclic amines) is 1. The van der Waals surface area contributed by atoms with Gasteiger partial charge in [-0.2, -0.15) is 0 Å².